The average molecular weight is 774 g/mol. The molecular formula is C47H43N5O6. The Morgan fingerprint density at radius 3 is 2.28 bits per heavy atom. The third-order valence-corrected chi connectivity index (χ3v) is 11.4. The maximum absolute atomic E-state index is 15.2. The van der Waals surface area contributed by atoms with E-state index in [1.165, 1.54) is 11.8 Å². The van der Waals surface area contributed by atoms with Crippen molar-refractivity contribution in [2.45, 2.75) is 25.6 Å². The molecule has 4 aromatic carbocycles. The monoisotopic (exact) mass is 773 g/mol. The Bertz CT molecular complexity index is 2640. The highest BCUT2D eigenvalue weighted by Crippen LogP contribution is 2.36. The van der Waals surface area contributed by atoms with Crippen LogP contribution in [0.15, 0.2) is 134 Å². The smallest absolute Gasteiger partial charge is 0.415 e. The van der Waals surface area contributed by atoms with Gasteiger partial charge in [-0.15, -0.1) is 0 Å². The molecule has 58 heavy (non-hydrogen) atoms. The van der Waals surface area contributed by atoms with Crippen LogP contribution >= 0.6 is 0 Å². The number of nitrogens with zero attached hydrogens (tertiary/aromatic N) is 5. The number of ether oxygens (including phenoxy) is 2. The summed E-state index contributed by atoms with van der Waals surface area (Å²) in [5.41, 5.74) is 6.91. The average Bonchev–Trinajstić information content (AvgIpc) is 3.87. The predicted octanol–water partition coefficient (Wildman–Crippen LogP) is 7.84. The van der Waals surface area contributed by atoms with E-state index in [2.05, 4.69) is 17.0 Å². The number of anilines is 1. The second kappa shape index (κ2) is 15.7. The summed E-state index contributed by atoms with van der Waals surface area (Å²) in [6, 6.07) is 36.7. The maximum Gasteiger partial charge on any atom is 0.415 e. The zero-order valence-corrected chi connectivity index (χ0v) is 32.2. The summed E-state index contributed by atoms with van der Waals surface area (Å²) in [5.74, 6) is 0.314. The second-order valence-corrected chi connectivity index (χ2v) is 15.0. The number of pyridine rings is 1. The molecule has 2 amide bonds. The molecule has 11 nitrogen and oxygen atoms in total. The molecule has 7 aromatic rings. The van der Waals surface area contributed by atoms with E-state index in [1.807, 2.05) is 113 Å². The molecule has 292 valence electrons. The van der Waals surface area contributed by atoms with Crippen LogP contribution in [0.25, 0.3) is 27.5 Å². The Hall–Kier alpha value is -6.69. The molecular weight excluding hydrogens is 731 g/mol. The van der Waals surface area contributed by atoms with E-state index in [9.17, 15) is 14.7 Å². The Morgan fingerprint density at radius 2 is 1.52 bits per heavy atom. The van der Waals surface area contributed by atoms with Gasteiger partial charge in [0.25, 0.3) is 11.8 Å². The molecule has 11 heteroatoms. The van der Waals surface area contributed by atoms with Crippen LogP contribution in [-0.2, 0) is 24.3 Å². The number of benzene rings is 4. The third-order valence-electron chi connectivity index (χ3n) is 11.4. The quantitative estimate of drug-likeness (QED) is 0.159. The first-order chi connectivity index (χ1) is 28.3. The highest BCUT2D eigenvalue weighted by Gasteiger charge is 2.34. The van der Waals surface area contributed by atoms with Crippen molar-refractivity contribution in [1.82, 2.24) is 18.8 Å². The van der Waals surface area contributed by atoms with E-state index in [0.29, 0.717) is 89.4 Å². The summed E-state index contributed by atoms with van der Waals surface area (Å²) in [6.45, 7) is 4.49. The summed E-state index contributed by atoms with van der Waals surface area (Å²) in [4.78, 5) is 47.7. The van der Waals surface area contributed by atoms with E-state index in [1.54, 1.807) is 24.2 Å². The van der Waals surface area contributed by atoms with Crippen molar-refractivity contribution in [2.24, 2.45) is 0 Å². The molecule has 1 atom stereocenters. The predicted molar refractivity (Wildman–Crippen MR) is 223 cm³/mol. The van der Waals surface area contributed by atoms with Gasteiger partial charge in [-0.05, 0) is 77.7 Å². The normalized spacial score (nSPS) is 15.7. The second-order valence-electron chi connectivity index (χ2n) is 15.0. The van der Waals surface area contributed by atoms with Crippen molar-refractivity contribution in [1.29, 1.82) is 0 Å². The number of carboxylic acid groups (broad SMARTS) is 1. The topological polar surface area (TPSA) is 109 Å². The molecule has 0 bridgehead atoms. The number of hydrogen-bond acceptors (Lipinski definition) is 6. The lowest BCUT2D eigenvalue weighted by Gasteiger charge is -2.40. The fourth-order valence-electron chi connectivity index (χ4n) is 8.25. The van der Waals surface area contributed by atoms with Gasteiger partial charge in [0.1, 0.15) is 12.4 Å². The van der Waals surface area contributed by atoms with Gasteiger partial charge in [-0.25, -0.2) is 4.79 Å². The zero-order chi connectivity index (χ0) is 39.8. The molecule has 0 aliphatic carbocycles. The molecule has 1 saturated heterocycles. The van der Waals surface area contributed by atoms with Crippen LogP contribution in [-0.4, -0.2) is 87.7 Å². The molecule has 1 fully saturated rings. The van der Waals surface area contributed by atoms with E-state index >= 15 is 4.79 Å². The lowest BCUT2D eigenvalue weighted by molar-refractivity contribution is 0.0193. The Kier molecular flexibility index (Phi) is 9.98. The number of rotatable bonds is 9. The summed E-state index contributed by atoms with van der Waals surface area (Å²) >= 11 is 0. The van der Waals surface area contributed by atoms with Gasteiger partial charge in [-0.2, -0.15) is 0 Å². The number of carbonyl (C=O) groups is 3. The highest BCUT2D eigenvalue weighted by atomic mass is 16.5. The first kappa shape index (κ1) is 36.9. The minimum absolute atomic E-state index is 0.0994. The molecule has 0 radical (unpaired) electrons. The largest absolute Gasteiger partial charge is 0.489 e. The van der Waals surface area contributed by atoms with Crippen LogP contribution in [0.1, 0.15) is 37.4 Å². The number of aromatic nitrogens is 2. The third kappa shape index (κ3) is 7.21. The molecule has 3 aromatic heterocycles. The van der Waals surface area contributed by atoms with Gasteiger partial charge in [0, 0.05) is 85.4 Å². The lowest BCUT2D eigenvalue weighted by Crippen LogP contribution is -2.52. The summed E-state index contributed by atoms with van der Waals surface area (Å²) in [5, 5.41) is 11.2. The van der Waals surface area contributed by atoms with Crippen molar-refractivity contribution < 1.29 is 29.0 Å². The van der Waals surface area contributed by atoms with Crippen LogP contribution in [0, 0.1) is 0 Å². The number of amides is 2. The van der Waals surface area contributed by atoms with Gasteiger partial charge in [-0.3, -0.25) is 19.1 Å². The molecule has 1 N–H and O–H groups in total. The number of morpholine rings is 1. The van der Waals surface area contributed by atoms with Crippen molar-refractivity contribution >= 4 is 39.9 Å². The molecule has 5 heterocycles. The molecule has 9 rings (SSSR count). The van der Waals surface area contributed by atoms with Crippen molar-refractivity contribution in [3.8, 4) is 17.0 Å². The number of hydrogen-bond donors (Lipinski definition) is 1. The molecule has 0 saturated carbocycles. The fraction of sp³-hybridized carbons (Fsp3) is 0.213. The van der Waals surface area contributed by atoms with Crippen LogP contribution in [0.3, 0.4) is 0 Å². The lowest BCUT2D eigenvalue weighted by atomic mass is 9.91. The Morgan fingerprint density at radius 1 is 0.810 bits per heavy atom. The molecule has 0 spiro atoms. The highest BCUT2D eigenvalue weighted by molar-refractivity contribution is 6.12. The zero-order valence-electron chi connectivity index (χ0n) is 32.2. The van der Waals surface area contributed by atoms with Crippen LogP contribution in [0.5, 0.6) is 5.75 Å². The first-order valence-electron chi connectivity index (χ1n) is 19.5. The SMILES string of the molecule is CN(C(=O)c1cc(-c2cc3cn(C(=O)O)cc3cc2C(=O)N2Cc3ccccc3C[C@H]2CN2CCOCC2)n2ccccc12)c1ccc(OCc2ccccc2)cc1. The summed E-state index contributed by atoms with van der Waals surface area (Å²) in [7, 11) is 1.74. The maximum atomic E-state index is 15.2. The van der Waals surface area contributed by atoms with E-state index in [0.717, 1.165) is 28.8 Å². The Labute approximate surface area is 335 Å². The van der Waals surface area contributed by atoms with Gasteiger partial charge >= 0.3 is 6.09 Å². The fourth-order valence-corrected chi connectivity index (χ4v) is 8.25. The van der Waals surface area contributed by atoms with Gasteiger partial charge in [0.15, 0.2) is 0 Å². The summed E-state index contributed by atoms with van der Waals surface area (Å²) < 4.78 is 14.7. The molecule has 2 aliphatic heterocycles. The van der Waals surface area contributed by atoms with Crippen molar-refractivity contribution in [3.63, 3.8) is 0 Å². The van der Waals surface area contributed by atoms with Gasteiger partial charge in [-0.1, -0.05) is 60.7 Å². The van der Waals surface area contributed by atoms with Gasteiger partial charge < -0.3 is 28.8 Å². The van der Waals surface area contributed by atoms with Crippen molar-refractivity contribution in [2.75, 3.05) is 44.8 Å². The standard InChI is InChI=1S/C47H43N5O6/c1-48(37-14-16-39(17-15-37)58-31-32-9-3-2-4-10-32)45(53)42-26-44(51-18-8-7-13-43(42)51)40-24-35-27-50(47(55)56)28-36(35)25-41(40)46(54)52-29-34-12-6-5-11-33(34)23-38(52)30-49-19-21-57-22-20-49/h2-18,24-28,38H,19-23,29-31H2,1H3,(H,55,56)/t38-/m0/s1. The number of fused-ring (bicyclic) bond motifs is 3. The minimum Gasteiger partial charge on any atom is -0.489 e. The van der Waals surface area contributed by atoms with Crippen molar-refractivity contribution in [3.05, 3.63) is 162 Å². The molecule has 2 aliphatic rings. The number of carbonyl (C=O) groups excluding carboxylic acids is 2. The Balaban J connectivity index is 1.09. The van der Waals surface area contributed by atoms with E-state index < -0.39 is 6.09 Å². The van der Waals surface area contributed by atoms with E-state index in [4.69, 9.17) is 9.47 Å². The van der Waals surface area contributed by atoms with Gasteiger partial charge in [0.05, 0.1) is 30.0 Å². The van der Waals surface area contributed by atoms with Gasteiger partial charge in [0.2, 0.25) is 0 Å². The first-order valence-corrected chi connectivity index (χ1v) is 19.5. The minimum atomic E-state index is -1.12. The van der Waals surface area contributed by atoms with Crippen LogP contribution in [0.4, 0.5) is 10.5 Å². The van der Waals surface area contributed by atoms with Crippen LogP contribution in [0.2, 0.25) is 0 Å². The van der Waals surface area contributed by atoms with E-state index in [-0.39, 0.29) is 17.9 Å². The molecule has 0 unspecified atom stereocenters. The van der Waals surface area contributed by atoms with Crippen LogP contribution < -0.4 is 9.64 Å². The summed E-state index contributed by atoms with van der Waals surface area (Å²) in [6.07, 6.45) is 4.57.